The molecule has 1 N–H and O–H groups in total. The molecule has 0 aromatic heterocycles. The molecule has 1 fully saturated rings. The normalized spacial score (nSPS) is 15.3. The SMILES string of the molecule is C/C=C/C(=O)NC1N(c2ccccc2)CCN1c1ccccc1. The Balaban J connectivity index is 1.90. The highest BCUT2D eigenvalue weighted by Gasteiger charge is 2.33. The van der Waals surface area contributed by atoms with Gasteiger partial charge in [0, 0.05) is 24.5 Å². The Morgan fingerprint density at radius 2 is 1.43 bits per heavy atom. The average Bonchev–Trinajstić information content (AvgIpc) is 3.00. The highest BCUT2D eigenvalue weighted by Crippen LogP contribution is 2.26. The molecule has 0 atom stereocenters. The van der Waals surface area contributed by atoms with Crippen LogP contribution in [0, 0.1) is 0 Å². The molecular formula is C19H21N3O. The topological polar surface area (TPSA) is 35.6 Å². The summed E-state index contributed by atoms with van der Waals surface area (Å²) in [5, 5.41) is 3.10. The molecule has 1 saturated heterocycles. The van der Waals surface area contributed by atoms with Crippen molar-refractivity contribution in [3.8, 4) is 0 Å². The van der Waals surface area contributed by atoms with Gasteiger partial charge in [0.15, 0.2) is 6.29 Å². The number of hydrogen-bond donors (Lipinski definition) is 1. The molecule has 0 radical (unpaired) electrons. The molecule has 0 spiro atoms. The highest BCUT2D eigenvalue weighted by molar-refractivity contribution is 5.88. The molecule has 2 aromatic carbocycles. The molecule has 1 aliphatic rings. The molecule has 1 heterocycles. The number of anilines is 2. The van der Waals surface area contributed by atoms with Gasteiger partial charge in [-0.2, -0.15) is 0 Å². The number of benzene rings is 2. The maximum absolute atomic E-state index is 12.1. The predicted molar refractivity (Wildman–Crippen MR) is 94.3 cm³/mol. The summed E-state index contributed by atoms with van der Waals surface area (Å²) in [5.41, 5.74) is 2.22. The molecule has 1 amide bonds. The largest absolute Gasteiger partial charge is 0.332 e. The van der Waals surface area contributed by atoms with Crippen molar-refractivity contribution in [2.75, 3.05) is 22.9 Å². The highest BCUT2D eigenvalue weighted by atomic mass is 16.1. The van der Waals surface area contributed by atoms with Gasteiger partial charge in [-0.1, -0.05) is 42.5 Å². The maximum atomic E-state index is 12.1. The van der Waals surface area contributed by atoms with Crippen LogP contribution in [-0.2, 0) is 4.79 Å². The van der Waals surface area contributed by atoms with Crippen molar-refractivity contribution in [1.29, 1.82) is 0 Å². The lowest BCUT2D eigenvalue weighted by molar-refractivity contribution is -0.117. The molecule has 4 heteroatoms. The quantitative estimate of drug-likeness (QED) is 0.882. The zero-order chi connectivity index (χ0) is 16.1. The third-order valence-electron chi connectivity index (χ3n) is 3.94. The van der Waals surface area contributed by atoms with Crippen molar-refractivity contribution in [2.24, 2.45) is 0 Å². The molecule has 1 aliphatic heterocycles. The van der Waals surface area contributed by atoms with Crippen molar-refractivity contribution in [3.63, 3.8) is 0 Å². The number of rotatable bonds is 4. The fourth-order valence-corrected chi connectivity index (χ4v) is 2.89. The summed E-state index contributed by atoms with van der Waals surface area (Å²) in [5.74, 6) is -0.0822. The lowest BCUT2D eigenvalue weighted by Crippen LogP contribution is -2.52. The fourth-order valence-electron chi connectivity index (χ4n) is 2.89. The minimum absolute atomic E-state index is 0.0822. The van der Waals surface area contributed by atoms with Gasteiger partial charge in [0.1, 0.15) is 0 Å². The number of nitrogens with one attached hydrogen (secondary N) is 1. The van der Waals surface area contributed by atoms with E-state index in [-0.39, 0.29) is 12.2 Å². The van der Waals surface area contributed by atoms with E-state index in [1.165, 1.54) is 0 Å². The van der Waals surface area contributed by atoms with Crippen LogP contribution >= 0.6 is 0 Å². The molecule has 0 saturated carbocycles. The molecule has 0 aliphatic carbocycles. The number of carbonyl (C=O) groups excluding carboxylic acids is 1. The van der Waals surface area contributed by atoms with E-state index in [1.54, 1.807) is 12.2 Å². The van der Waals surface area contributed by atoms with Gasteiger partial charge >= 0.3 is 0 Å². The third-order valence-corrected chi connectivity index (χ3v) is 3.94. The second kappa shape index (κ2) is 7.01. The lowest BCUT2D eigenvalue weighted by atomic mass is 10.3. The van der Waals surface area contributed by atoms with Crippen molar-refractivity contribution in [2.45, 2.75) is 13.2 Å². The number of para-hydroxylation sites is 2. The Labute approximate surface area is 137 Å². The van der Waals surface area contributed by atoms with E-state index in [2.05, 4.69) is 39.4 Å². The summed E-state index contributed by atoms with van der Waals surface area (Å²) >= 11 is 0. The van der Waals surface area contributed by atoms with E-state index in [0.29, 0.717) is 0 Å². The van der Waals surface area contributed by atoms with Gasteiger partial charge in [-0.3, -0.25) is 4.79 Å². The second-order valence-electron chi connectivity index (χ2n) is 5.44. The molecule has 2 aromatic rings. The standard InChI is InChI=1S/C19H21N3O/c1-2-9-18(23)20-19-21(16-10-5-3-6-11-16)14-15-22(19)17-12-7-4-8-13-17/h2-13,19H,14-15H2,1H3,(H,20,23)/b9-2+. The summed E-state index contributed by atoms with van der Waals surface area (Å²) in [6.07, 6.45) is 3.12. The summed E-state index contributed by atoms with van der Waals surface area (Å²) in [6.45, 7) is 3.57. The number of nitrogens with zero attached hydrogens (tertiary/aromatic N) is 2. The lowest BCUT2D eigenvalue weighted by Gasteiger charge is -2.33. The summed E-state index contributed by atoms with van der Waals surface area (Å²) < 4.78 is 0. The van der Waals surface area contributed by atoms with E-state index in [0.717, 1.165) is 24.5 Å². The summed E-state index contributed by atoms with van der Waals surface area (Å²) in [6, 6.07) is 20.4. The van der Waals surface area contributed by atoms with Crippen molar-refractivity contribution in [1.82, 2.24) is 5.32 Å². The van der Waals surface area contributed by atoms with Crippen LogP contribution in [0.1, 0.15) is 6.92 Å². The van der Waals surface area contributed by atoms with Crippen molar-refractivity contribution in [3.05, 3.63) is 72.8 Å². The van der Waals surface area contributed by atoms with Gasteiger partial charge in [-0.05, 0) is 37.3 Å². The first-order valence-electron chi connectivity index (χ1n) is 7.86. The van der Waals surface area contributed by atoms with E-state index in [4.69, 9.17) is 0 Å². The van der Waals surface area contributed by atoms with E-state index < -0.39 is 0 Å². The van der Waals surface area contributed by atoms with Gasteiger partial charge in [0.2, 0.25) is 5.91 Å². The Bertz CT molecular complexity index is 622. The van der Waals surface area contributed by atoms with Crippen molar-refractivity contribution >= 4 is 17.3 Å². The van der Waals surface area contributed by atoms with Gasteiger partial charge in [-0.15, -0.1) is 0 Å². The van der Waals surface area contributed by atoms with Crippen LogP contribution in [0.5, 0.6) is 0 Å². The minimum Gasteiger partial charge on any atom is -0.332 e. The number of hydrogen-bond acceptors (Lipinski definition) is 3. The zero-order valence-corrected chi connectivity index (χ0v) is 13.2. The monoisotopic (exact) mass is 307 g/mol. The molecule has 118 valence electrons. The molecule has 0 unspecified atom stereocenters. The first-order valence-corrected chi connectivity index (χ1v) is 7.86. The first kappa shape index (κ1) is 15.2. The van der Waals surface area contributed by atoms with Gasteiger partial charge in [0.25, 0.3) is 0 Å². The van der Waals surface area contributed by atoms with E-state index >= 15 is 0 Å². The Kier molecular flexibility index (Phi) is 4.62. The average molecular weight is 307 g/mol. The van der Waals surface area contributed by atoms with Crippen molar-refractivity contribution < 1.29 is 4.79 Å². The Hall–Kier alpha value is -2.75. The zero-order valence-electron chi connectivity index (χ0n) is 13.2. The Morgan fingerprint density at radius 3 is 1.87 bits per heavy atom. The smallest absolute Gasteiger partial charge is 0.246 e. The maximum Gasteiger partial charge on any atom is 0.246 e. The molecule has 0 bridgehead atoms. The van der Waals surface area contributed by atoms with Crippen LogP contribution in [0.2, 0.25) is 0 Å². The molecule has 23 heavy (non-hydrogen) atoms. The summed E-state index contributed by atoms with van der Waals surface area (Å²) in [7, 11) is 0. The third kappa shape index (κ3) is 3.37. The predicted octanol–water partition coefficient (Wildman–Crippen LogP) is 2.99. The summed E-state index contributed by atoms with van der Waals surface area (Å²) in [4.78, 5) is 16.5. The molecule has 4 nitrogen and oxygen atoms in total. The van der Waals surface area contributed by atoms with Crippen LogP contribution in [0.3, 0.4) is 0 Å². The first-order chi connectivity index (χ1) is 11.3. The molecule has 3 rings (SSSR count). The van der Waals surface area contributed by atoms with Crippen LogP contribution in [0.15, 0.2) is 72.8 Å². The molecular weight excluding hydrogens is 286 g/mol. The van der Waals surface area contributed by atoms with Gasteiger partial charge in [-0.25, -0.2) is 0 Å². The van der Waals surface area contributed by atoms with Crippen LogP contribution in [0.25, 0.3) is 0 Å². The number of allylic oxidation sites excluding steroid dienone is 1. The van der Waals surface area contributed by atoms with Gasteiger partial charge in [0.05, 0.1) is 0 Å². The van der Waals surface area contributed by atoms with Crippen LogP contribution in [-0.4, -0.2) is 25.3 Å². The fraction of sp³-hybridized carbons (Fsp3) is 0.211. The second-order valence-corrected chi connectivity index (χ2v) is 5.44. The number of carbonyl (C=O) groups is 1. The van der Waals surface area contributed by atoms with Gasteiger partial charge < -0.3 is 15.1 Å². The van der Waals surface area contributed by atoms with Crippen LogP contribution < -0.4 is 15.1 Å². The van der Waals surface area contributed by atoms with E-state index in [1.807, 2.05) is 43.3 Å². The Morgan fingerprint density at radius 1 is 0.957 bits per heavy atom. The van der Waals surface area contributed by atoms with Crippen LogP contribution in [0.4, 0.5) is 11.4 Å². The number of amides is 1. The van der Waals surface area contributed by atoms with E-state index in [9.17, 15) is 4.79 Å². The minimum atomic E-state index is -0.191.